The zero-order valence-corrected chi connectivity index (χ0v) is 26.6. The normalized spacial score (nSPS) is 15.4. The summed E-state index contributed by atoms with van der Waals surface area (Å²) in [5.74, 6) is 5.56. The molecule has 0 aliphatic heterocycles. The highest BCUT2D eigenvalue weighted by Crippen LogP contribution is 2.27. The first-order chi connectivity index (χ1) is 22.6. The van der Waals surface area contributed by atoms with Gasteiger partial charge in [-0.05, 0) is 94.0 Å². The van der Waals surface area contributed by atoms with Crippen LogP contribution in [-0.4, -0.2) is 45.6 Å². The van der Waals surface area contributed by atoms with E-state index in [0.717, 1.165) is 25.7 Å². The van der Waals surface area contributed by atoms with Crippen molar-refractivity contribution in [3.63, 3.8) is 0 Å². The fourth-order valence-corrected chi connectivity index (χ4v) is 5.61. The van der Waals surface area contributed by atoms with E-state index >= 15 is 0 Å². The van der Waals surface area contributed by atoms with Gasteiger partial charge < -0.3 is 21.3 Å². The molecule has 5 rings (SSSR count). The number of urea groups is 1. The Morgan fingerprint density at radius 3 is 2.15 bits per heavy atom. The lowest BCUT2D eigenvalue weighted by molar-refractivity contribution is 0.0925. The maximum absolute atomic E-state index is 13.1. The van der Waals surface area contributed by atoms with E-state index < -0.39 is 6.03 Å². The number of nitrogens with one attached hydrogen (secondary N) is 4. The van der Waals surface area contributed by atoms with Crippen LogP contribution in [0, 0.1) is 11.8 Å². The smallest absolute Gasteiger partial charge is 0.323 e. The maximum atomic E-state index is 13.1. The molecule has 2 aromatic heterocycles. The SMILES string of the molecule is CC(=O)c1cccc(NC2CCC(NC(=O)c3cccc(C#Cc4cc(NC(=O)Nc5ccnc(Cl)c5)ccn4)c3)CC2)c1C(C)=O. The molecule has 238 valence electrons. The largest absolute Gasteiger partial charge is 0.382 e. The molecule has 0 spiro atoms. The van der Waals surface area contributed by atoms with E-state index in [-0.39, 0.29) is 34.7 Å². The van der Waals surface area contributed by atoms with E-state index in [1.54, 1.807) is 54.7 Å². The van der Waals surface area contributed by atoms with Crippen LogP contribution >= 0.6 is 11.6 Å². The minimum atomic E-state index is -0.456. The highest BCUT2D eigenvalue weighted by atomic mass is 35.5. The van der Waals surface area contributed by atoms with Crippen molar-refractivity contribution >= 4 is 52.2 Å². The fourth-order valence-electron chi connectivity index (χ4n) is 5.44. The van der Waals surface area contributed by atoms with Gasteiger partial charge in [0.2, 0.25) is 0 Å². The quantitative estimate of drug-likeness (QED) is 0.0942. The van der Waals surface area contributed by atoms with Crippen LogP contribution in [0.3, 0.4) is 0 Å². The third kappa shape index (κ3) is 9.02. The van der Waals surface area contributed by atoms with E-state index in [0.29, 0.717) is 45.0 Å². The Bertz CT molecular complexity index is 1890. The summed E-state index contributed by atoms with van der Waals surface area (Å²) < 4.78 is 0. The molecule has 0 saturated heterocycles. The molecule has 47 heavy (non-hydrogen) atoms. The third-order valence-corrected chi connectivity index (χ3v) is 7.89. The van der Waals surface area contributed by atoms with E-state index in [4.69, 9.17) is 11.6 Å². The summed E-state index contributed by atoms with van der Waals surface area (Å²) in [6, 6.07) is 18.5. The van der Waals surface area contributed by atoms with Crippen LogP contribution in [0.4, 0.5) is 21.9 Å². The number of carbonyl (C=O) groups is 4. The van der Waals surface area contributed by atoms with Gasteiger partial charge in [0.05, 0.1) is 5.56 Å². The first-order valence-corrected chi connectivity index (χ1v) is 15.5. The van der Waals surface area contributed by atoms with Crippen molar-refractivity contribution in [1.29, 1.82) is 0 Å². The molecule has 4 N–H and O–H groups in total. The number of aromatic nitrogens is 2. The molecule has 0 unspecified atom stereocenters. The standard InChI is InChI=1S/C36H33ClN6O4/c1-22(44)31-7-4-8-32(34(31)23(2)45)40-26-11-13-27(14-12-26)41-35(46)25-6-3-5-24(19-25)9-10-28-20-29(15-17-38-28)42-36(47)43-30-16-18-39-33(37)21-30/h3-8,15-21,26-27,40H,11-14H2,1-2H3,(H,41,46)(H2,38,39,42,43,47). The number of hydrogen-bond donors (Lipinski definition) is 4. The number of ketones is 2. The summed E-state index contributed by atoms with van der Waals surface area (Å²) in [7, 11) is 0. The molecule has 0 radical (unpaired) electrons. The van der Waals surface area contributed by atoms with Gasteiger partial charge in [0.15, 0.2) is 11.6 Å². The van der Waals surface area contributed by atoms with Crippen LogP contribution in [0.15, 0.2) is 79.1 Å². The molecular weight excluding hydrogens is 616 g/mol. The molecule has 2 heterocycles. The Kier molecular flexibility index (Phi) is 10.6. The van der Waals surface area contributed by atoms with Crippen LogP contribution in [0.1, 0.15) is 81.9 Å². The van der Waals surface area contributed by atoms with E-state index in [1.807, 2.05) is 12.1 Å². The Hall–Kier alpha value is -5.53. The molecule has 2 aromatic carbocycles. The van der Waals surface area contributed by atoms with Crippen LogP contribution in [0.5, 0.6) is 0 Å². The first-order valence-electron chi connectivity index (χ1n) is 15.1. The number of carbonyl (C=O) groups excluding carboxylic acids is 4. The molecule has 10 nitrogen and oxygen atoms in total. The molecule has 11 heteroatoms. The van der Waals surface area contributed by atoms with Gasteiger partial charge in [0.1, 0.15) is 10.8 Å². The van der Waals surface area contributed by atoms with Gasteiger partial charge in [0, 0.05) is 58.2 Å². The molecule has 0 atom stereocenters. The van der Waals surface area contributed by atoms with Gasteiger partial charge in [0.25, 0.3) is 5.91 Å². The van der Waals surface area contributed by atoms with Gasteiger partial charge in [-0.1, -0.05) is 35.7 Å². The molecule has 1 aliphatic carbocycles. The van der Waals surface area contributed by atoms with Crippen molar-refractivity contribution in [1.82, 2.24) is 15.3 Å². The second kappa shape index (κ2) is 15.2. The maximum Gasteiger partial charge on any atom is 0.323 e. The van der Waals surface area contributed by atoms with E-state index in [9.17, 15) is 19.2 Å². The zero-order valence-electron chi connectivity index (χ0n) is 25.9. The topological polar surface area (TPSA) is 142 Å². The van der Waals surface area contributed by atoms with E-state index in [1.165, 1.54) is 26.1 Å². The number of amides is 3. The minimum Gasteiger partial charge on any atom is -0.382 e. The number of pyridine rings is 2. The van der Waals surface area contributed by atoms with Crippen molar-refractivity contribution in [2.45, 2.75) is 51.6 Å². The molecule has 1 saturated carbocycles. The average Bonchev–Trinajstić information content (AvgIpc) is 3.04. The highest BCUT2D eigenvalue weighted by Gasteiger charge is 2.25. The molecule has 4 aromatic rings. The van der Waals surface area contributed by atoms with Crippen molar-refractivity contribution in [2.24, 2.45) is 0 Å². The van der Waals surface area contributed by atoms with Crippen molar-refractivity contribution < 1.29 is 19.2 Å². The van der Waals surface area contributed by atoms with Crippen LogP contribution < -0.4 is 21.3 Å². The van der Waals surface area contributed by atoms with Crippen molar-refractivity contribution in [3.05, 3.63) is 112 Å². The highest BCUT2D eigenvalue weighted by molar-refractivity contribution is 6.29. The molecule has 0 bridgehead atoms. The van der Waals surface area contributed by atoms with Crippen LogP contribution in [-0.2, 0) is 0 Å². The number of benzene rings is 2. The second-order valence-electron chi connectivity index (χ2n) is 11.2. The summed E-state index contributed by atoms with van der Waals surface area (Å²) in [6.07, 6.45) is 6.19. The number of Topliss-reactive ketones (excluding diaryl/α,β-unsaturated/α-hetero) is 2. The summed E-state index contributed by atoms with van der Waals surface area (Å²) in [4.78, 5) is 58.0. The predicted molar refractivity (Wildman–Crippen MR) is 182 cm³/mol. The predicted octanol–water partition coefficient (Wildman–Crippen LogP) is 6.73. The molecule has 1 fully saturated rings. The number of halogens is 1. The summed E-state index contributed by atoms with van der Waals surface area (Å²) in [6.45, 7) is 2.93. The average molecular weight is 649 g/mol. The van der Waals surface area contributed by atoms with Crippen LogP contribution in [0.25, 0.3) is 0 Å². The molecule has 3 amide bonds. The minimum absolute atomic E-state index is 0.0123. The van der Waals surface area contributed by atoms with Gasteiger partial charge in [-0.15, -0.1) is 0 Å². The lowest BCUT2D eigenvalue weighted by atomic mass is 9.90. The van der Waals surface area contributed by atoms with Gasteiger partial charge in [-0.2, -0.15) is 0 Å². The fraction of sp³-hybridized carbons (Fsp3) is 0.222. The Morgan fingerprint density at radius 1 is 0.766 bits per heavy atom. The summed E-state index contributed by atoms with van der Waals surface area (Å²) >= 11 is 5.87. The van der Waals surface area contributed by atoms with Crippen LogP contribution in [0.2, 0.25) is 5.15 Å². The second-order valence-corrected chi connectivity index (χ2v) is 11.6. The third-order valence-electron chi connectivity index (χ3n) is 7.68. The Labute approximate surface area is 277 Å². The Balaban J connectivity index is 1.15. The summed E-state index contributed by atoms with van der Waals surface area (Å²) in [5, 5.41) is 12.3. The van der Waals surface area contributed by atoms with Crippen molar-refractivity contribution in [3.8, 4) is 11.8 Å². The van der Waals surface area contributed by atoms with Crippen molar-refractivity contribution in [2.75, 3.05) is 16.0 Å². The lowest BCUT2D eigenvalue weighted by Gasteiger charge is -2.31. The van der Waals surface area contributed by atoms with E-state index in [2.05, 4.69) is 43.1 Å². The van der Waals surface area contributed by atoms with Gasteiger partial charge in [-0.25, -0.2) is 14.8 Å². The number of hydrogen-bond acceptors (Lipinski definition) is 7. The first kappa shape index (κ1) is 32.9. The monoisotopic (exact) mass is 648 g/mol. The van der Waals surface area contributed by atoms with Gasteiger partial charge in [-0.3, -0.25) is 14.4 Å². The number of nitrogens with zero attached hydrogens (tertiary/aromatic N) is 2. The Morgan fingerprint density at radius 2 is 1.45 bits per heavy atom. The molecule has 1 aliphatic rings. The lowest BCUT2D eigenvalue weighted by Crippen LogP contribution is -2.40. The van der Waals surface area contributed by atoms with Gasteiger partial charge >= 0.3 is 6.03 Å². The number of rotatable bonds is 8. The summed E-state index contributed by atoms with van der Waals surface area (Å²) in [5.41, 5.74) is 4.11. The number of anilines is 3. The zero-order chi connectivity index (χ0) is 33.3. The molecular formula is C36H33ClN6O4.